The van der Waals surface area contributed by atoms with Gasteiger partial charge in [0.2, 0.25) is 0 Å². The van der Waals surface area contributed by atoms with Crippen molar-refractivity contribution in [2.75, 3.05) is 0 Å². The van der Waals surface area contributed by atoms with Crippen LogP contribution in [-0.4, -0.2) is 4.98 Å². The van der Waals surface area contributed by atoms with Crippen molar-refractivity contribution >= 4 is 20.8 Å². The van der Waals surface area contributed by atoms with Gasteiger partial charge < -0.3 is 4.98 Å². The summed E-state index contributed by atoms with van der Waals surface area (Å²) in [6.07, 6.45) is 1.95. The van der Waals surface area contributed by atoms with Crippen LogP contribution in [0.25, 0.3) is 10.9 Å². The summed E-state index contributed by atoms with van der Waals surface area (Å²) >= 11 is 0. The largest absolute Gasteiger partial charge is 0.361 e. The van der Waals surface area contributed by atoms with Gasteiger partial charge in [-0.3, -0.25) is 0 Å². The van der Waals surface area contributed by atoms with Gasteiger partial charge in [0.1, 0.15) is 0 Å². The van der Waals surface area contributed by atoms with E-state index in [1.54, 1.807) is 0 Å². The standard InChI is InChI=1S/C8H7N.Au.H3P/c1-2-4-8-7(3-1)5-6-9-8;;/h1-6,9H;;1H3. The van der Waals surface area contributed by atoms with E-state index in [0.29, 0.717) is 0 Å². The van der Waals surface area contributed by atoms with Gasteiger partial charge in [-0.1, -0.05) is 18.2 Å². The molecule has 63 valence electrons. The first-order chi connectivity index (χ1) is 4.47. The van der Waals surface area contributed by atoms with Gasteiger partial charge in [-0.25, -0.2) is 0 Å². The average Bonchev–Trinajstić information content (AvgIpc) is 2.33. The quantitative estimate of drug-likeness (QED) is 0.555. The molecule has 1 atom stereocenters. The Hall–Kier alpha value is -0.0697. The Morgan fingerprint density at radius 3 is 2.45 bits per heavy atom. The van der Waals surface area contributed by atoms with Crippen molar-refractivity contribution in [2.45, 2.75) is 0 Å². The molecule has 0 saturated heterocycles. The van der Waals surface area contributed by atoms with Gasteiger partial charge in [0, 0.05) is 34.1 Å². The molecule has 2 rings (SSSR count). The average molecular weight is 348 g/mol. The number of aromatic amines is 1. The van der Waals surface area contributed by atoms with E-state index in [2.05, 4.69) is 23.2 Å². The second-order valence-corrected chi connectivity index (χ2v) is 2.06. The number of para-hydroxylation sites is 1. The van der Waals surface area contributed by atoms with Crippen LogP contribution in [0.5, 0.6) is 0 Å². The summed E-state index contributed by atoms with van der Waals surface area (Å²) in [6.45, 7) is 0. The molecular formula is C8H10AuNP. The molecule has 0 saturated carbocycles. The number of hydrogen-bond donors (Lipinski definition) is 1. The molecule has 0 amide bonds. The Kier molecular flexibility index (Phi) is 4.71. The molecule has 0 spiro atoms. The maximum absolute atomic E-state index is 3.12. The fraction of sp³-hybridized carbons (Fsp3) is 0. The third-order valence-corrected chi connectivity index (χ3v) is 1.46. The third-order valence-electron chi connectivity index (χ3n) is 1.46. The van der Waals surface area contributed by atoms with Crippen LogP contribution in [0, 0.1) is 0 Å². The summed E-state index contributed by atoms with van der Waals surface area (Å²) in [4.78, 5) is 3.12. The Morgan fingerprint density at radius 1 is 1.00 bits per heavy atom. The molecule has 0 aliphatic rings. The van der Waals surface area contributed by atoms with Crippen LogP contribution in [0.3, 0.4) is 0 Å². The second kappa shape index (κ2) is 4.74. The summed E-state index contributed by atoms with van der Waals surface area (Å²) in [5, 5.41) is 1.28. The first kappa shape index (κ1) is 10.9. The Balaban J connectivity index is 0.000000500. The van der Waals surface area contributed by atoms with Crippen molar-refractivity contribution in [3.8, 4) is 0 Å². The zero-order valence-electron chi connectivity index (χ0n) is 5.97. The van der Waals surface area contributed by atoms with Crippen molar-refractivity contribution in [1.82, 2.24) is 4.98 Å². The summed E-state index contributed by atoms with van der Waals surface area (Å²) < 4.78 is 0. The van der Waals surface area contributed by atoms with Gasteiger partial charge in [-0.05, 0) is 17.5 Å². The van der Waals surface area contributed by atoms with E-state index < -0.39 is 0 Å². The van der Waals surface area contributed by atoms with Crippen LogP contribution in [0.1, 0.15) is 0 Å². The van der Waals surface area contributed by atoms with Crippen LogP contribution in [0.2, 0.25) is 0 Å². The Labute approximate surface area is 84.7 Å². The molecule has 1 aromatic heterocycles. The van der Waals surface area contributed by atoms with Crippen LogP contribution in [0.15, 0.2) is 36.5 Å². The fourth-order valence-corrected chi connectivity index (χ4v) is 0.995. The number of benzene rings is 1. The predicted molar refractivity (Wildman–Crippen MR) is 49.4 cm³/mol. The van der Waals surface area contributed by atoms with Gasteiger partial charge in [-0.15, -0.1) is 0 Å². The van der Waals surface area contributed by atoms with Crippen molar-refractivity contribution in [3.05, 3.63) is 36.5 Å². The van der Waals surface area contributed by atoms with Gasteiger partial charge in [0.05, 0.1) is 0 Å². The molecule has 0 aliphatic carbocycles. The monoisotopic (exact) mass is 348 g/mol. The molecule has 1 aromatic carbocycles. The first-order valence-corrected chi connectivity index (χ1v) is 2.99. The fourth-order valence-electron chi connectivity index (χ4n) is 0.995. The number of H-pyrrole nitrogens is 1. The molecule has 1 unspecified atom stereocenters. The molecule has 11 heavy (non-hydrogen) atoms. The van der Waals surface area contributed by atoms with E-state index in [1.807, 2.05) is 18.3 Å². The van der Waals surface area contributed by atoms with Crippen molar-refractivity contribution < 1.29 is 22.4 Å². The summed E-state index contributed by atoms with van der Waals surface area (Å²) in [5.74, 6) is 0. The maximum Gasteiger partial charge on any atom is 0.0453 e. The molecule has 0 bridgehead atoms. The number of hydrogen-bond acceptors (Lipinski definition) is 0. The van der Waals surface area contributed by atoms with Gasteiger partial charge >= 0.3 is 0 Å². The number of fused-ring (bicyclic) bond motifs is 1. The molecule has 1 radical (unpaired) electrons. The zero-order valence-corrected chi connectivity index (χ0v) is 9.55. The smallest absolute Gasteiger partial charge is 0.0453 e. The molecule has 1 nitrogen and oxygen atoms in total. The Morgan fingerprint density at radius 2 is 1.73 bits per heavy atom. The van der Waals surface area contributed by atoms with Crippen LogP contribution in [0.4, 0.5) is 0 Å². The van der Waals surface area contributed by atoms with E-state index in [1.165, 1.54) is 10.9 Å². The van der Waals surface area contributed by atoms with Crippen molar-refractivity contribution in [3.63, 3.8) is 0 Å². The summed E-state index contributed by atoms with van der Waals surface area (Å²) in [5.41, 5.74) is 1.21. The van der Waals surface area contributed by atoms with Crippen molar-refractivity contribution in [1.29, 1.82) is 0 Å². The Bertz CT molecular complexity index is 288. The van der Waals surface area contributed by atoms with Crippen molar-refractivity contribution in [2.24, 2.45) is 0 Å². The molecule has 0 fully saturated rings. The van der Waals surface area contributed by atoms with Gasteiger partial charge in [0.15, 0.2) is 0 Å². The minimum Gasteiger partial charge on any atom is -0.361 e. The van der Waals surface area contributed by atoms with Crippen LogP contribution in [-0.2, 0) is 22.4 Å². The normalized spacial score (nSPS) is 8.36. The van der Waals surface area contributed by atoms with E-state index in [9.17, 15) is 0 Å². The summed E-state index contributed by atoms with van der Waals surface area (Å²) in [7, 11) is 0. The van der Waals surface area contributed by atoms with Crippen LogP contribution < -0.4 is 0 Å². The maximum atomic E-state index is 3.12. The minimum atomic E-state index is 0. The molecular weight excluding hydrogens is 338 g/mol. The molecule has 2 aromatic rings. The summed E-state index contributed by atoms with van der Waals surface area (Å²) in [6, 6.07) is 10.3. The third kappa shape index (κ3) is 2.18. The van der Waals surface area contributed by atoms with Crippen LogP contribution >= 0.6 is 9.90 Å². The van der Waals surface area contributed by atoms with E-state index in [0.717, 1.165) is 0 Å². The molecule has 1 heterocycles. The first-order valence-electron chi connectivity index (χ1n) is 2.99. The predicted octanol–water partition coefficient (Wildman–Crippen LogP) is 2.22. The topological polar surface area (TPSA) is 15.8 Å². The molecule has 3 heteroatoms. The SMILES string of the molecule is P.[Au].c1ccc2[nH]ccc2c1. The minimum absolute atomic E-state index is 0. The van der Waals surface area contributed by atoms with E-state index in [4.69, 9.17) is 0 Å². The van der Waals surface area contributed by atoms with Gasteiger partial charge in [0.25, 0.3) is 0 Å². The zero-order chi connectivity index (χ0) is 6.10. The number of rotatable bonds is 0. The molecule has 0 aliphatic heterocycles. The number of aromatic nitrogens is 1. The van der Waals surface area contributed by atoms with E-state index >= 15 is 0 Å². The van der Waals surface area contributed by atoms with Gasteiger partial charge in [-0.2, -0.15) is 9.90 Å². The number of nitrogens with one attached hydrogen (secondary N) is 1. The molecule has 1 N–H and O–H groups in total. The second-order valence-electron chi connectivity index (χ2n) is 2.06. The van der Waals surface area contributed by atoms with E-state index in [-0.39, 0.29) is 32.3 Å².